The first kappa shape index (κ1) is 17.3. The third kappa shape index (κ3) is 4.98. The highest BCUT2D eigenvalue weighted by molar-refractivity contribution is 5.89. The minimum atomic E-state index is -0.168. The lowest BCUT2D eigenvalue weighted by molar-refractivity contribution is -0.127. The van der Waals surface area contributed by atoms with E-state index in [1.165, 1.54) is 0 Å². The number of piperidine rings is 1. The molecule has 0 aromatic heterocycles. The SMILES string of the molecule is CCC(C)(C)NC(=O)C1CCN(C(=O)Nc2ccccc2)CC1. The Morgan fingerprint density at radius 3 is 2.35 bits per heavy atom. The Bertz CT molecular complexity index is 534. The third-order valence-electron chi connectivity index (χ3n) is 4.52. The molecule has 1 saturated heterocycles. The number of amides is 3. The molecule has 1 aliphatic rings. The quantitative estimate of drug-likeness (QED) is 0.895. The van der Waals surface area contributed by atoms with Gasteiger partial charge in [0, 0.05) is 30.2 Å². The van der Waals surface area contributed by atoms with Gasteiger partial charge in [0.25, 0.3) is 0 Å². The smallest absolute Gasteiger partial charge is 0.321 e. The van der Waals surface area contributed by atoms with Crippen molar-refractivity contribution >= 4 is 17.6 Å². The minimum absolute atomic E-state index is 0.00148. The van der Waals surface area contributed by atoms with Crippen LogP contribution < -0.4 is 10.6 Å². The highest BCUT2D eigenvalue weighted by Crippen LogP contribution is 2.20. The predicted molar refractivity (Wildman–Crippen MR) is 92.3 cm³/mol. The predicted octanol–water partition coefficient (Wildman–Crippen LogP) is 3.24. The highest BCUT2D eigenvalue weighted by Gasteiger charge is 2.29. The van der Waals surface area contributed by atoms with Crippen LogP contribution in [-0.2, 0) is 4.79 Å². The average Bonchev–Trinajstić information content (AvgIpc) is 2.55. The molecule has 3 amide bonds. The van der Waals surface area contributed by atoms with Gasteiger partial charge in [-0.3, -0.25) is 4.79 Å². The van der Waals surface area contributed by atoms with Crippen LogP contribution in [0.5, 0.6) is 0 Å². The van der Waals surface area contributed by atoms with Crippen LogP contribution in [0, 0.1) is 5.92 Å². The molecule has 1 aromatic carbocycles. The maximum atomic E-state index is 12.3. The van der Waals surface area contributed by atoms with Crippen LogP contribution in [0.2, 0.25) is 0 Å². The second kappa shape index (κ2) is 7.49. The van der Waals surface area contributed by atoms with Gasteiger partial charge in [-0.15, -0.1) is 0 Å². The molecular weight excluding hydrogens is 290 g/mol. The fourth-order valence-electron chi connectivity index (χ4n) is 2.59. The van der Waals surface area contributed by atoms with Crippen molar-refractivity contribution in [1.29, 1.82) is 0 Å². The first-order valence-electron chi connectivity index (χ1n) is 8.34. The zero-order valence-corrected chi connectivity index (χ0v) is 14.3. The van der Waals surface area contributed by atoms with Crippen molar-refractivity contribution < 1.29 is 9.59 Å². The highest BCUT2D eigenvalue weighted by atomic mass is 16.2. The Morgan fingerprint density at radius 1 is 1.17 bits per heavy atom. The molecule has 5 heteroatoms. The summed E-state index contributed by atoms with van der Waals surface area (Å²) in [6, 6.07) is 9.33. The van der Waals surface area contributed by atoms with E-state index in [9.17, 15) is 9.59 Å². The normalized spacial score (nSPS) is 16.0. The number of rotatable bonds is 4. The van der Waals surface area contributed by atoms with E-state index >= 15 is 0 Å². The molecule has 1 heterocycles. The van der Waals surface area contributed by atoms with Crippen LogP contribution in [0.25, 0.3) is 0 Å². The molecule has 5 nitrogen and oxygen atoms in total. The zero-order chi connectivity index (χ0) is 16.9. The van der Waals surface area contributed by atoms with E-state index in [4.69, 9.17) is 0 Å². The van der Waals surface area contributed by atoms with Crippen LogP contribution in [0.4, 0.5) is 10.5 Å². The van der Waals surface area contributed by atoms with E-state index < -0.39 is 0 Å². The van der Waals surface area contributed by atoms with Crippen molar-refractivity contribution in [1.82, 2.24) is 10.2 Å². The summed E-state index contributed by atoms with van der Waals surface area (Å²) in [5, 5.41) is 5.99. The number of carbonyl (C=O) groups is 2. The van der Waals surface area contributed by atoms with E-state index in [0.29, 0.717) is 25.9 Å². The molecule has 0 unspecified atom stereocenters. The van der Waals surface area contributed by atoms with Crippen LogP contribution in [0.1, 0.15) is 40.0 Å². The number of carbonyl (C=O) groups excluding carboxylic acids is 2. The maximum absolute atomic E-state index is 12.3. The number of nitrogens with one attached hydrogen (secondary N) is 2. The van der Waals surface area contributed by atoms with E-state index in [1.54, 1.807) is 4.90 Å². The molecule has 126 valence electrons. The molecule has 1 fully saturated rings. The Balaban J connectivity index is 1.81. The van der Waals surface area contributed by atoms with Gasteiger partial charge in [-0.1, -0.05) is 25.1 Å². The first-order valence-corrected chi connectivity index (χ1v) is 8.34. The Hall–Kier alpha value is -2.04. The summed E-state index contributed by atoms with van der Waals surface area (Å²) in [6.45, 7) is 7.37. The van der Waals surface area contributed by atoms with Crippen molar-refractivity contribution in [3.8, 4) is 0 Å². The van der Waals surface area contributed by atoms with Gasteiger partial charge >= 0.3 is 6.03 Å². The second-order valence-corrected chi connectivity index (χ2v) is 6.78. The third-order valence-corrected chi connectivity index (χ3v) is 4.52. The first-order chi connectivity index (χ1) is 10.9. The number of benzene rings is 1. The van der Waals surface area contributed by atoms with Gasteiger partial charge in [0.1, 0.15) is 0 Å². The van der Waals surface area contributed by atoms with Crippen LogP contribution in [-0.4, -0.2) is 35.5 Å². The largest absolute Gasteiger partial charge is 0.351 e. The number of likely N-dealkylation sites (tertiary alicyclic amines) is 1. The molecule has 1 aromatic rings. The Morgan fingerprint density at radius 2 is 1.78 bits per heavy atom. The van der Waals surface area contributed by atoms with E-state index in [0.717, 1.165) is 12.1 Å². The summed E-state index contributed by atoms with van der Waals surface area (Å²) in [6.07, 6.45) is 2.33. The van der Waals surface area contributed by atoms with Gasteiger partial charge in [0.15, 0.2) is 0 Å². The van der Waals surface area contributed by atoms with Crippen molar-refractivity contribution in [2.45, 2.75) is 45.6 Å². The average molecular weight is 317 g/mol. The fourth-order valence-corrected chi connectivity index (χ4v) is 2.59. The maximum Gasteiger partial charge on any atom is 0.321 e. The van der Waals surface area contributed by atoms with Gasteiger partial charge in [-0.2, -0.15) is 0 Å². The summed E-state index contributed by atoms with van der Waals surface area (Å²) in [4.78, 5) is 26.3. The summed E-state index contributed by atoms with van der Waals surface area (Å²) in [7, 11) is 0. The minimum Gasteiger partial charge on any atom is -0.351 e. The number of urea groups is 1. The lowest BCUT2D eigenvalue weighted by Crippen LogP contribution is -2.49. The number of anilines is 1. The summed E-state index contributed by atoms with van der Waals surface area (Å²) < 4.78 is 0. The molecule has 2 N–H and O–H groups in total. The molecule has 1 aliphatic heterocycles. The molecule has 0 radical (unpaired) electrons. The Kier molecular flexibility index (Phi) is 5.64. The molecule has 0 spiro atoms. The number of nitrogens with zero attached hydrogens (tertiary/aromatic N) is 1. The van der Waals surface area contributed by atoms with Gasteiger partial charge in [0.2, 0.25) is 5.91 Å². The fraction of sp³-hybridized carbons (Fsp3) is 0.556. The van der Waals surface area contributed by atoms with E-state index in [1.807, 2.05) is 44.2 Å². The molecule has 2 rings (SSSR count). The lowest BCUT2D eigenvalue weighted by atomic mass is 9.93. The molecule has 0 bridgehead atoms. The van der Waals surface area contributed by atoms with Gasteiger partial charge in [0.05, 0.1) is 0 Å². The van der Waals surface area contributed by atoms with Gasteiger partial charge < -0.3 is 15.5 Å². The molecule has 23 heavy (non-hydrogen) atoms. The molecule has 0 atom stereocenters. The lowest BCUT2D eigenvalue weighted by Gasteiger charge is -2.33. The van der Waals surface area contributed by atoms with Crippen molar-refractivity contribution in [2.75, 3.05) is 18.4 Å². The van der Waals surface area contributed by atoms with Crippen molar-refractivity contribution in [3.63, 3.8) is 0 Å². The van der Waals surface area contributed by atoms with Crippen LogP contribution >= 0.6 is 0 Å². The molecular formula is C18H27N3O2. The van der Waals surface area contributed by atoms with Gasteiger partial charge in [-0.05, 0) is 45.2 Å². The molecule has 0 saturated carbocycles. The zero-order valence-electron chi connectivity index (χ0n) is 14.3. The van der Waals surface area contributed by atoms with E-state index in [-0.39, 0.29) is 23.4 Å². The summed E-state index contributed by atoms with van der Waals surface area (Å²) in [5.41, 5.74) is 0.626. The van der Waals surface area contributed by atoms with Crippen LogP contribution in [0.3, 0.4) is 0 Å². The standard InChI is InChI=1S/C18H27N3O2/c1-4-18(2,3)20-16(22)14-10-12-21(13-11-14)17(23)19-15-8-6-5-7-9-15/h5-9,14H,4,10-13H2,1-3H3,(H,19,23)(H,20,22). The molecule has 0 aliphatic carbocycles. The number of hydrogen-bond acceptors (Lipinski definition) is 2. The van der Waals surface area contributed by atoms with Crippen LogP contribution in [0.15, 0.2) is 30.3 Å². The topological polar surface area (TPSA) is 61.4 Å². The number of para-hydroxylation sites is 1. The second-order valence-electron chi connectivity index (χ2n) is 6.78. The number of hydrogen-bond donors (Lipinski definition) is 2. The summed E-state index contributed by atoms with van der Waals surface area (Å²) >= 11 is 0. The Labute approximate surface area is 138 Å². The monoisotopic (exact) mass is 317 g/mol. The van der Waals surface area contributed by atoms with E-state index in [2.05, 4.69) is 17.6 Å². The van der Waals surface area contributed by atoms with Crippen molar-refractivity contribution in [2.24, 2.45) is 5.92 Å². The summed E-state index contributed by atoms with van der Waals surface area (Å²) in [5.74, 6) is 0.113. The van der Waals surface area contributed by atoms with Crippen molar-refractivity contribution in [3.05, 3.63) is 30.3 Å². The van der Waals surface area contributed by atoms with Gasteiger partial charge in [-0.25, -0.2) is 4.79 Å².